The number of aromatic nitrogens is 2. The van der Waals surface area contributed by atoms with E-state index in [-0.39, 0.29) is 5.69 Å². The summed E-state index contributed by atoms with van der Waals surface area (Å²) >= 11 is 6.25. The number of hydrogen-bond donors (Lipinski definition) is 1. The maximum absolute atomic E-state index is 11.0. The van der Waals surface area contributed by atoms with Crippen molar-refractivity contribution in [2.24, 2.45) is 0 Å². The summed E-state index contributed by atoms with van der Waals surface area (Å²) < 4.78 is 5.72. The van der Waals surface area contributed by atoms with Crippen LogP contribution in [0.2, 0.25) is 5.02 Å². The average molecular weight is 305 g/mol. The van der Waals surface area contributed by atoms with E-state index < -0.39 is 5.97 Å². The second kappa shape index (κ2) is 5.79. The third-order valence-corrected chi connectivity index (χ3v) is 3.62. The van der Waals surface area contributed by atoms with Gasteiger partial charge in [0.05, 0.1) is 18.4 Å². The molecule has 0 aliphatic heterocycles. The molecule has 1 fully saturated rings. The standard InChI is InChI=1S/C15H13ClN2O3/c16-12-3-1-2-10(11(12)7-21-9-4-5-9)13-6-14(15(19)20)18-8-17-13/h1-3,6,8-9H,4-5,7H2,(H,19,20). The summed E-state index contributed by atoms with van der Waals surface area (Å²) in [5, 5.41) is 9.61. The fourth-order valence-corrected chi connectivity index (χ4v) is 2.23. The first-order valence-corrected chi connectivity index (χ1v) is 6.97. The first-order valence-electron chi connectivity index (χ1n) is 6.60. The van der Waals surface area contributed by atoms with Crippen LogP contribution in [0.1, 0.15) is 28.9 Å². The number of halogens is 1. The van der Waals surface area contributed by atoms with Crippen molar-refractivity contribution in [1.82, 2.24) is 9.97 Å². The van der Waals surface area contributed by atoms with Crippen LogP contribution in [0.3, 0.4) is 0 Å². The molecular weight excluding hydrogens is 292 g/mol. The zero-order chi connectivity index (χ0) is 14.8. The molecule has 6 heteroatoms. The lowest BCUT2D eigenvalue weighted by atomic mass is 10.0. The van der Waals surface area contributed by atoms with Gasteiger partial charge >= 0.3 is 5.97 Å². The van der Waals surface area contributed by atoms with Crippen molar-refractivity contribution in [3.63, 3.8) is 0 Å². The first kappa shape index (κ1) is 14.0. The van der Waals surface area contributed by atoms with Crippen LogP contribution in [0.4, 0.5) is 0 Å². The van der Waals surface area contributed by atoms with Crippen LogP contribution in [0, 0.1) is 0 Å². The molecule has 0 saturated heterocycles. The van der Waals surface area contributed by atoms with Gasteiger partial charge in [-0.2, -0.15) is 0 Å². The van der Waals surface area contributed by atoms with Crippen LogP contribution >= 0.6 is 11.6 Å². The summed E-state index contributed by atoms with van der Waals surface area (Å²) in [6, 6.07) is 6.89. The molecule has 0 radical (unpaired) electrons. The van der Waals surface area contributed by atoms with Crippen molar-refractivity contribution in [2.45, 2.75) is 25.6 Å². The Hall–Kier alpha value is -1.98. The maximum Gasteiger partial charge on any atom is 0.354 e. The average Bonchev–Trinajstić information content (AvgIpc) is 3.30. The minimum Gasteiger partial charge on any atom is -0.477 e. The highest BCUT2D eigenvalue weighted by Gasteiger charge is 2.23. The number of carbonyl (C=O) groups is 1. The van der Waals surface area contributed by atoms with Crippen molar-refractivity contribution < 1.29 is 14.6 Å². The Morgan fingerprint density at radius 3 is 2.90 bits per heavy atom. The van der Waals surface area contributed by atoms with Crippen molar-refractivity contribution in [2.75, 3.05) is 0 Å². The van der Waals surface area contributed by atoms with Gasteiger partial charge in [0.2, 0.25) is 0 Å². The highest BCUT2D eigenvalue weighted by molar-refractivity contribution is 6.31. The van der Waals surface area contributed by atoms with Gasteiger partial charge in [0.25, 0.3) is 0 Å². The van der Waals surface area contributed by atoms with Gasteiger partial charge in [0.1, 0.15) is 6.33 Å². The van der Waals surface area contributed by atoms with E-state index >= 15 is 0 Å². The minimum atomic E-state index is -1.09. The van der Waals surface area contributed by atoms with Gasteiger partial charge in [0, 0.05) is 16.1 Å². The summed E-state index contributed by atoms with van der Waals surface area (Å²) in [5.41, 5.74) is 2.07. The third-order valence-electron chi connectivity index (χ3n) is 3.27. The second-order valence-corrected chi connectivity index (χ2v) is 5.28. The fraction of sp³-hybridized carbons (Fsp3) is 0.267. The topological polar surface area (TPSA) is 72.3 Å². The summed E-state index contributed by atoms with van der Waals surface area (Å²) in [4.78, 5) is 18.9. The summed E-state index contributed by atoms with van der Waals surface area (Å²) in [6.45, 7) is 0.395. The largest absolute Gasteiger partial charge is 0.477 e. The second-order valence-electron chi connectivity index (χ2n) is 4.87. The lowest BCUT2D eigenvalue weighted by molar-refractivity contribution is 0.0690. The number of benzene rings is 1. The van der Waals surface area contributed by atoms with E-state index in [1.54, 1.807) is 12.1 Å². The van der Waals surface area contributed by atoms with Crippen molar-refractivity contribution >= 4 is 17.6 Å². The Labute approximate surface area is 126 Å². The Balaban J connectivity index is 1.98. The number of nitrogens with zero attached hydrogens (tertiary/aromatic N) is 2. The highest BCUT2D eigenvalue weighted by atomic mass is 35.5. The van der Waals surface area contributed by atoms with Crippen LogP contribution in [0.15, 0.2) is 30.6 Å². The molecule has 5 nitrogen and oxygen atoms in total. The molecule has 1 aliphatic carbocycles. The monoisotopic (exact) mass is 304 g/mol. The molecule has 108 valence electrons. The lowest BCUT2D eigenvalue weighted by Gasteiger charge is -2.11. The molecule has 1 aliphatic rings. The molecule has 0 amide bonds. The van der Waals surface area contributed by atoms with E-state index in [9.17, 15) is 4.79 Å². The Bertz CT molecular complexity index is 686. The predicted molar refractivity (Wildman–Crippen MR) is 77.2 cm³/mol. The van der Waals surface area contributed by atoms with Crippen LogP contribution in [-0.2, 0) is 11.3 Å². The molecule has 1 heterocycles. The number of carboxylic acid groups (broad SMARTS) is 1. The fourth-order valence-electron chi connectivity index (χ4n) is 2.00. The van der Waals surface area contributed by atoms with E-state index in [1.165, 1.54) is 12.4 Å². The van der Waals surface area contributed by atoms with Crippen LogP contribution in [-0.4, -0.2) is 27.1 Å². The summed E-state index contributed by atoms with van der Waals surface area (Å²) in [7, 11) is 0. The molecule has 21 heavy (non-hydrogen) atoms. The number of ether oxygens (including phenoxy) is 1. The molecule has 0 unspecified atom stereocenters. The minimum absolute atomic E-state index is 0.0472. The SMILES string of the molecule is O=C(O)c1cc(-c2cccc(Cl)c2COC2CC2)ncn1. The highest BCUT2D eigenvalue weighted by Crippen LogP contribution is 2.31. The van der Waals surface area contributed by atoms with Gasteiger partial charge in [-0.25, -0.2) is 14.8 Å². The Morgan fingerprint density at radius 1 is 1.38 bits per heavy atom. The number of carboxylic acids is 1. The van der Waals surface area contributed by atoms with Crippen LogP contribution < -0.4 is 0 Å². The van der Waals surface area contributed by atoms with Gasteiger partial charge in [0.15, 0.2) is 5.69 Å². The predicted octanol–water partition coefficient (Wildman–Crippen LogP) is 3.17. The molecule has 1 aromatic carbocycles. The Kier molecular flexibility index (Phi) is 3.86. The van der Waals surface area contributed by atoms with E-state index in [0.717, 1.165) is 24.0 Å². The molecule has 1 N–H and O–H groups in total. The summed E-state index contributed by atoms with van der Waals surface area (Å²) in [5.74, 6) is -1.09. The quantitative estimate of drug-likeness (QED) is 0.918. The zero-order valence-electron chi connectivity index (χ0n) is 11.1. The Morgan fingerprint density at radius 2 is 2.19 bits per heavy atom. The summed E-state index contributed by atoms with van der Waals surface area (Å²) in [6.07, 6.45) is 3.71. The molecule has 3 rings (SSSR count). The normalized spacial score (nSPS) is 14.1. The molecule has 0 atom stereocenters. The number of aromatic carboxylic acids is 1. The third kappa shape index (κ3) is 3.20. The van der Waals surface area contributed by atoms with E-state index in [2.05, 4.69) is 9.97 Å². The molecular formula is C15H13ClN2O3. The van der Waals surface area contributed by atoms with Crippen molar-refractivity contribution in [1.29, 1.82) is 0 Å². The van der Waals surface area contributed by atoms with Crippen molar-refractivity contribution in [3.8, 4) is 11.3 Å². The lowest BCUT2D eigenvalue weighted by Crippen LogP contribution is -2.03. The van der Waals surface area contributed by atoms with Gasteiger partial charge in [-0.15, -0.1) is 0 Å². The number of rotatable bonds is 5. The van der Waals surface area contributed by atoms with Gasteiger partial charge in [-0.1, -0.05) is 23.7 Å². The van der Waals surface area contributed by atoms with E-state index in [4.69, 9.17) is 21.4 Å². The van der Waals surface area contributed by atoms with E-state index in [0.29, 0.717) is 23.4 Å². The zero-order valence-corrected chi connectivity index (χ0v) is 11.9. The van der Waals surface area contributed by atoms with Crippen molar-refractivity contribution in [3.05, 3.63) is 46.9 Å². The van der Waals surface area contributed by atoms with E-state index in [1.807, 2.05) is 6.07 Å². The van der Waals surface area contributed by atoms with Gasteiger partial charge < -0.3 is 9.84 Å². The van der Waals surface area contributed by atoms with Gasteiger partial charge in [-0.3, -0.25) is 0 Å². The van der Waals surface area contributed by atoms with Gasteiger partial charge in [-0.05, 0) is 25.0 Å². The molecule has 1 aromatic heterocycles. The number of hydrogen-bond acceptors (Lipinski definition) is 4. The van der Waals surface area contributed by atoms with Crippen LogP contribution in [0.25, 0.3) is 11.3 Å². The van der Waals surface area contributed by atoms with Crippen LogP contribution in [0.5, 0.6) is 0 Å². The first-order chi connectivity index (χ1) is 10.1. The maximum atomic E-state index is 11.0. The molecule has 1 saturated carbocycles. The smallest absolute Gasteiger partial charge is 0.354 e. The molecule has 2 aromatic rings. The molecule has 0 spiro atoms. The molecule has 0 bridgehead atoms.